The van der Waals surface area contributed by atoms with E-state index in [0.717, 1.165) is 5.69 Å². The second kappa shape index (κ2) is 5.90. The molecule has 2 amide bonds. The highest BCUT2D eigenvalue weighted by molar-refractivity contribution is 6.34. The fourth-order valence-corrected chi connectivity index (χ4v) is 2.23. The van der Waals surface area contributed by atoms with E-state index in [0.29, 0.717) is 31.2 Å². The zero-order chi connectivity index (χ0) is 13.8. The molecule has 0 radical (unpaired) electrons. The Bertz CT molecular complexity index is 486. The average molecular weight is 283 g/mol. The number of piperazine rings is 1. The second-order valence-electron chi connectivity index (χ2n) is 4.23. The van der Waals surface area contributed by atoms with Crippen LogP contribution in [-0.2, 0) is 9.59 Å². The Morgan fingerprint density at radius 1 is 1.21 bits per heavy atom. The number of amides is 2. The lowest BCUT2D eigenvalue weighted by Gasteiger charge is -2.35. The van der Waals surface area contributed by atoms with Crippen LogP contribution >= 0.6 is 11.6 Å². The van der Waals surface area contributed by atoms with Crippen molar-refractivity contribution in [3.05, 3.63) is 29.3 Å². The SMILES string of the molecule is NNC(=O)C(=O)N1CCN(c2cccc(Cl)c2)CC1. The van der Waals surface area contributed by atoms with Crippen molar-refractivity contribution in [3.63, 3.8) is 0 Å². The van der Waals surface area contributed by atoms with Crippen molar-refractivity contribution in [2.45, 2.75) is 0 Å². The van der Waals surface area contributed by atoms with Gasteiger partial charge in [0.2, 0.25) is 0 Å². The van der Waals surface area contributed by atoms with Crippen LogP contribution in [-0.4, -0.2) is 42.9 Å². The van der Waals surface area contributed by atoms with Gasteiger partial charge in [-0.1, -0.05) is 17.7 Å². The number of carbonyl (C=O) groups is 2. The van der Waals surface area contributed by atoms with Crippen LogP contribution in [0.1, 0.15) is 0 Å². The van der Waals surface area contributed by atoms with Crippen LogP contribution in [0.5, 0.6) is 0 Å². The first-order valence-corrected chi connectivity index (χ1v) is 6.30. The monoisotopic (exact) mass is 282 g/mol. The van der Waals surface area contributed by atoms with E-state index in [4.69, 9.17) is 17.4 Å². The molecule has 0 saturated carbocycles. The lowest BCUT2D eigenvalue weighted by atomic mass is 10.2. The molecule has 0 spiro atoms. The number of halogens is 1. The number of carbonyl (C=O) groups excluding carboxylic acids is 2. The Morgan fingerprint density at radius 2 is 1.89 bits per heavy atom. The van der Waals surface area contributed by atoms with E-state index in [9.17, 15) is 9.59 Å². The molecule has 1 saturated heterocycles. The van der Waals surface area contributed by atoms with E-state index < -0.39 is 11.8 Å². The third-order valence-electron chi connectivity index (χ3n) is 3.07. The number of nitrogens with zero attached hydrogens (tertiary/aromatic N) is 2. The summed E-state index contributed by atoms with van der Waals surface area (Å²) in [6.45, 7) is 2.28. The highest BCUT2D eigenvalue weighted by Gasteiger charge is 2.25. The molecule has 0 aliphatic carbocycles. The molecule has 0 bridgehead atoms. The normalized spacial score (nSPS) is 15.3. The maximum Gasteiger partial charge on any atom is 0.323 e. The average Bonchev–Trinajstić information content (AvgIpc) is 2.46. The Balaban J connectivity index is 1.96. The minimum Gasteiger partial charge on any atom is -0.368 e. The number of rotatable bonds is 1. The van der Waals surface area contributed by atoms with Crippen molar-refractivity contribution in [2.75, 3.05) is 31.1 Å². The first kappa shape index (κ1) is 13.6. The molecule has 0 aromatic heterocycles. The molecule has 1 aromatic carbocycles. The first-order valence-electron chi connectivity index (χ1n) is 5.92. The van der Waals surface area contributed by atoms with E-state index in [-0.39, 0.29) is 0 Å². The van der Waals surface area contributed by atoms with Crippen molar-refractivity contribution < 1.29 is 9.59 Å². The number of hydrogen-bond donors (Lipinski definition) is 2. The van der Waals surface area contributed by atoms with Crippen molar-refractivity contribution in [1.29, 1.82) is 0 Å². The molecular formula is C12H15ClN4O2. The molecule has 0 atom stereocenters. The van der Waals surface area contributed by atoms with E-state index in [2.05, 4.69) is 4.90 Å². The maximum absolute atomic E-state index is 11.6. The Morgan fingerprint density at radius 3 is 2.47 bits per heavy atom. The first-order chi connectivity index (χ1) is 9.11. The summed E-state index contributed by atoms with van der Waals surface area (Å²) < 4.78 is 0. The predicted molar refractivity (Wildman–Crippen MR) is 72.6 cm³/mol. The van der Waals surface area contributed by atoms with Gasteiger partial charge in [-0.25, -0.2) is 5.84 Å². The largest absolute Gasteiger partial charge is 0.368 e. The lowest BCUT2D eigenvalue weighted by Crippen LogP contribution is -2.53. The zero-order valence-corrected chi connectivity index (χ0v) is 11.1. The molecule has 0 unspecified atom stereocenters. The number of anilines is 1. The van der Waals surface area contributed by atoms with Crippen LogP contribution in [0.3, 0.4) is 0 Å². The highest BCUT2D eigenvalue weighted by Crippen LogP contribution is 2.20. The second-order valence-corrected chi connectivity index (χ2v) is 4.67. The number of nitrogens with two attached hydrogens (primary N) is 1. The molecule has 1 heterocycles. The lowest BCUT2D eigenvalue weighted by molar-refractivity contribution is -0.146. The minimum atomic E-state index is -0.781. The fraction of sp³-hybridized carbons (Fsp3) is 0.333. The van der Waals surface area contributed by atoms with Crippen molar-refractivity contribution in [3.8, 4) is 0 Å². The van der Waals surface area contributed by atoms with Gasteiger partial charge < -0.3 is 9.80 Å². The molecule has 7 heteroatoms. The van der Waals surface area contributed by atoms with Gasteiger partial charge >= 0.3 is 11.8 Å². The third-order valence-corrected chi connectivity index (χ3v) is 3.30. The van der Waals surface area contributed by atoms with E-state index in [1.165, 1.54) is 4.90 Å². The van der Waals surface area contributed by atoms with Crippen LogP contribution in [0.2, 0.25) is 5.02 Å². The standard InChI is InChI=1S/C12H15ClN4O2/c13-9-2-1-3-10(8-9)16-4-6-17(7-5-16)12(19)11(18)15-14/h1-3,8H,4-7,14H2,(H,15,18). The number of hydrogen-bond acceptors (Lipinski definition) is 4. The Labute approximate surface area is 116 Å². The maximum atomic E-state index is 11.6. The van der Waals surface area contributed by atoms with Gasteiger partial charge in [0.15, 0.2) is 0 Å². The van der Waals surface area contributed by atoms with Gasteiger partial charge in [-0.2, -0.15) is 0 Å². The summed E-state index contributed by atoms with van der Waals surface area (Å²) >= 11 is 5.95. The van der Waals surface area contributed by atoms with Gasteiger partial charge in [-0.05, 0) is 18.2 Å². The molecule has 3 N–H and O–H groups in total. The molecule has 6 nitrogen and oxygen atoms in total. The Kier molecular flexibility index (Phi) is 4.24. The minimum absolute atomic E-state index is 0.485. The van der Waals surface area contributed by atoms with Gasteiger partial charge in [0, 0.05) is 36.9 Å². The molecule has 102 valence electrons. The smallest absolute Gasteiger partial charge is 0.323 e. The predicted octanol–water partition coefficient (Wildman–Crippen LogP) is -0.0215. The van der Waals surface area contributed by atoms with Crippen LogP contribution < -0.4 is 16.2 Å². The third kappa shape index (κ3) is 3.15. The van der Waals surface area contributed by atoms with Gasteiger partial charge in [0.1, 0.15) is 0 Å². The van der Waals surface area contributed by atoms with Gasteiger partial charge in [0.05, 0.1) is 0 Å². The van der Waals surface area contributed by atoms with E-state index in [1.54, 1.807) is 0 Å². The van der Waals surface area contributed by atoms with Crippen LogP contribution in [0.15, 0.2) is 24.3 Å². The summed E-state index contributed by atoms with van der Waals surface area (Å²) in [6.07, 6.45) is 0. The summed E-state index contributed by atoms with van der Waals surface area (Å²) in [5.74, 6) is 3.57. The molecule has 1 aliphatic heterocycles. The van der Waals surface area contributed by atoms with E-state index in [1.807, 2.05) is 29.7 Å². The van der Waals surface area contributed by atoms with Crippen molar-refractivity contribution in [2.24, 2.45) is 5.84 Å². The number of benzene rings is 1. The topological polar surface area (TPSA) is 78.7 Å². The van der Waals surface area contributed by atoms with Gasteiger partial charge in [-0.3, -0.25) is 15.0 Å². The summed E-state index contributed by atoms with van der Waals surface area (Å²) in [6, 6.07) is 7.55. The summed E-state index contributed by atoms with van der Waals surface area (Å²) in [7, 11) is 0. The molecule has 19 heavy (non-hydrogen) atoms. The molecule has 1 aliphatic rings. The summed E-state index contributed by atoms with van der Waals surface area (Å²) in [4.78, 5) is 26.4. The van der Waals surface area contributed by atoms with Crippen LogP contribution in [0, 0.1) is 0 Å². The number of nitrogens with one attached hydrogen (secondary N) is 1. The van der Waals surface area contributed by atoms with Crippen molar-refractivity contribution in [1.82, 2.24) is 10.3 Å². The quantitative estimate of drug-likeness (QED) is 0.328. The van der Waals surface area contributed by atoms with E-state index >= 15 is 0 Å². The molecule has 1 fully saturated rings. The summed E-state index contributed by atoms with van der Waals surface area (Å²) in [5, 5.41) is 0.679. The van der Waals surface area contributed by atoms with Crippen LogP contribution in [0.25, 0.3) is 0 Å². The van der Waals surface area contributed by atoms with Gasteiger partial charge in [-0.15, -0.1) is 0 Å². The summed E-state index contributed by atoms with van der Waals surface area (Å²) in [5.41, 5.74) is 2.87. The molecular weight excluding hydrogens is 268 g/mol. The van der Waals surface area contributed by atoms with Crippen molar-refractivity contribution >= 4 is 29.1 Å². The van der Waals surface area contributed by atoms with Gasteiger partial charge in [0.25, 0.3) is 0 Å². The molecule has 1 aromatic rings. The zero-order valence-electron chi connectivity index (χ0n) is 10.3. The van der Waals surface area contributed by atoms with Crippen LogP contribution in [0.4, 0.5) is 5.69 Å². The fourth-order valence-electron chi connectivity index (χ4n) is 2.05. The number of hydrazine groups is 1. The molecule has 2 rings (SSSR count). The Hall–Kier alpha value is -1.79. The highest BCUT2D eigenvalue weighted by atomic mass is 35.5.